The van der Waals surface area contributed by atoms with Gasteiger partial charge >= 0.3 is 0 Å². The van der Waals surface area contributed by atoms with Crippen LogP contribution in [-0.2, 0) is 24.2 Å². The smallest absolute Gasteiger partial charge is 0.224 e. The van der Waals surface area contributed by atoms with Crippen molar-refractivity contribution in [2.24, 2.45) is 0 Å². The maximum atomic E-state index is 12.2. The number of aryl methyl sites for hydroxylation is 2. The number of fused-ring (bicyclic) bond motifs is 1. The molecule has 1 aromatic heterocycles. The van der Waals surface area contributed by atoms with E-state index in [4.69, 9.17) is 9.72 Å². The lowest BCUT2D eigenvalue weighted by molar-refractivity contribution is -0.120. The van der Waals surface area contributed by atoms with Gasteiger partial charge in [-0.25, -0.2) is 4.98 Å². The van der Waals surface area contributed by atoms with Crippen LogP contribution in [0.5, 0.6) is 5.75 Å². The zero-order chi connectivity index (χ0) is 25.2. The zero-order valence-corrected chi connectivity index (χ0v) is 21.5. The number of amides is 1. The summed E-state index contributed by atoms with van der Waals surface area (Å²) in [5.41, 5.74) is 4.57. The number of nitrogens with one attached hydrogen (secondary N) is 1. The molecule has 0 bridgehead atoms. The molecule has 0 fully saturated rings. The molecule has 4 rings (SSSR count). The van der Waals surface area contributed by atoms with Crippen LogP contribution in [0.15, 0.2) is 78.9 Å². The molecule has 0 aliphatic carbocycles. The van der Waals surface area contributed by atoms with Gasteiger partial charge in [-0.1, -0.05) is 68.4 Å². The third-order valence-electron chi connectivity index (χ3n) is 6.43. The van der Waals surface area contributed by atoms with E-state index in [1.54, 1.807) is 0 Å². The quantitative estimate of drug-likeness (QED) is 0.227. The Balaban J connectivity index is 1.24. The summed E-state index contributed by atoms with van der Waals surface area (Å²) in [5.74, 6) is 2.61. The maximum absolute atomic E-state index is 12.2. The van der Waals surface area contributed by atoms with Crippen LogP contribution in [0.4, 0.5) is 0 Å². The highest BCUT2D eigenvalue weighted by atomic mass is 16.5. The number of unbranched alkanes of at least 4 members (excludes halogenated alkanes) is 1. The summed E-state index contributed by atoms with van der Waals surface area (Å²) in [4.78, 5) is 17.1. The molecule has 5 heteroatoms. The van der Waals surface area contributed by atoms with Crippen LogP contribution in [0.25, 0.3) is 11.0 Å². The molecule has 188 valence electrons. The zero-order valence-electron chi connectivity index (χ0n) is 21.5. The fourth-order valence-corrected chi connectivity index (χ4v) is 4.39. The van der Waals surface area contributed by atoms with Crippen molar-refractivity contribution in [3.8, 4) is 5.75 Å². The lowest BCUT2D eigenvalue weighted by atomic mass is 10.0. The molecule has 0 saturated heterocycles. The second kappa shape index (κ2) is 12.9. The van der Waals surface area contributed by atoms with Crippen LogP contribution in [0.3, 0.4) is 0 Å². The van der Waals surface area contributed by atoms with Gasteiger partial charge in [0.25, 0.3) is 0 Å². The number of aromatic nitrogens is 2. The number of carbonyl (C=O) groups excluding carboxylic acids is 1. The largest absolute Gasteiger partial charge is 0.494 e. The molecule has 3 aromatic carbocycles. The summed E-state index contributed by atoms with van der Waals surface area (Å²) >= 11 is 0. The standard InChI is InChI=1S/C31H37N3O2/c1-24(2)26-16-18-27(19-17-26)36-22-9-8-21-34-29-14-7-6-13-28(29)33-30(34)15-10-20-32-31(35)23-25-11-4-3-5-12-25/h3-7,11-14,16-19,24H,8-10,15,20-23H2,1-2H3,(H,32,35). The van der Waals surface area contributed by atoms with Crippen LogP contribution in [0.2, 0.25) is 0 Å². The van der Waals surface area contributed by atoms with Crippen molar-refractivity contribution in [1.82, 2.24) is 14.9 Å². The number of nitrogens with zero attached hydrogens (tertiary/aromatic N) is 2. The monoisotopic (exact) mass is 483 g/mol. The number of benzene rings is 3. The van der Waals surface area contributed by atoms with Crippen molar-refractivity contribution in [3.05, 3.63) is 95.8 Å². The first-order valence-electron chi connectivity index (χ1n) is 13.1. The summed E-state index contributed by atoms with van der Waals surface area (Å²) < 4.78 is 8.29. The van der Waals surface area contributed by atoms with E-state index < -0.39 is 0 Å². The van der Waals surface area contributed by atoms with Gasteiger partial charge in [0.1, 0.15) is 11.6 Å². The second-order valence-corrected chi connectivity index (χ2v) is 9.56. The third kappa shape index (κ3) is 7.20. The van der Waals surface area contributed by atoms with Gasteiger partial charge in [0.15, 0.2) is 0 Å². The predicted molar refractivity (Wildman–Crippen MR) is 146 cm³/mol. The molecule has 36 heavy (non-hydrogen) atoms. The lowest BCUT2D eigenvalue weighted by Gasteiger charge is -2.11. The molecule has 0 aliphatic rings. The topological polar surface area (TPSA) is 56.1 Å². The first-order valence-corrected chi connectivity index (χ1v) is 13.1. The second-order valence-electron chi connectivity index (χ2n) is 9.56. The van der Waals surface area contributed by atoms with Crippen molar-refractivity contribution < 1.29 is 9.53 Å². The first kappa shape index (κ1) is 25.5. The Morgan fingerprint density at radius 3 is 2.44 bits per heavy atom. The van der Waals surface area contributed by atoms with Crippen molar-refractivity contribution in [3.63, 3.8) is 0 Å². The predicted octanol–water partition coefficient (Wildman–Crippen LogP) is 6.31. The number of para-hydroxylation sites is 2. The normalized spacial score (nSPS) is 11.2. The van der Waals surface area contributed by atoms with E-state index >= 15 is 0 Å². The van der Waals surface area contributed by atoms with Crippen LogP contribution >= 0.6 is 0 Å². The average Bonchev–Trinajstić information content (AvgIpc) is 3.24. The molecule has 1 heterocycles. The van der Waals surface area contributed by atoms with E-state index in [1.807, 2.05) is 36.4 Å². The van der Waals surface area contributed by atoms with Gasteiger partial charge < -0.3 is 14.6 Å². The summed E-state index contributed by atoms with van der Waals surface area (Å²) in [5, 5.41) is 3.05. The molecule has 0 atom stereocenters. The molecule has 0 saturated carbocycles. The number of hydrogen-bond acceptors (Lipinski definition) is 3. The van der Waals surface area contributed by atoms with Gasteiger partial charge in [0.05, 0.1) is 24.1 Å². The van der Waals surface area contributed by atoms with Gasteiger partial charge in [-0.05, 0) is 60.6 Å². The number of carbonyl (C=O) groups is 1. The lowest BCUT2D eigenvalue weighted by Crippen LogP contribution is -2.26. The Morgan fingerprint density at radius 1 is 0.917 bits per heavy atom. The fourth-order valence-electron chi connectivity index (χ4n) is 4.39. The van der Waals surface area contributed by atoms with E-state index in [-0.39, 0.29) is 5.91 Å². The van der Waals surface area contributed by atoms with Crippen molar-refractivity contribution >= 4 is 16.9 Å². The Bertz CT molecular complexity index is 1230. The van der Waals surface area contributed by atoms with Crippen LogP contribution < -0.4 is 10.1 Å². The minimum absolute atomic E-state index is 0.0635. The number of hydrogen-bond donors (Lipinski definition) is 1. The maximum Gasteiger partial charge on any atom is 0.224 e. The summed E-state index contributed by atoms with van der Waals surface area (Å²) in [6.45, 7) is 6.67. The molecule has 0 radical (unpaired) electrons. The number of ether oxygens (including phenoxy) is 1. The van der Waals surface area contributed by atoms with Gasteiger partial charge in [-0.3, -0.25) is 4.79 Å². The number of imidazole rings is 1. The molecular formula is C31H37N3O2. The van der Waals surface area contributed by atoms with E-state index in [2.05, 4.69) is 66.2 Å². The Morgan fingerprint density at radius 2 is 1.67 bits per heavy atom. The van der Waals surface area contributed by atoms with Crippen LogP contribution in [0.1, 0.15) is 56.0 Å². The summed E-state index contributed by atoms with van der Waals surface area (Å²) in [6, 6.07) is 26.6. The summed E-state index contributed by atoms with van der Waals surface area (Å²) in [7, 11) is 0. The molecule has 0 aliphatic heterocycles. The number of rotatable bonds is 13. The first-order chi connectivity index (χ1) is 17.6. The van der Waals surface area contributed by atoms with Crippen molar-refractivity contribution in [2.75, 3.05) is 13.2 Å². The SMILES string of the molecule is CC(C)c1ccc(OCCCCn2c(CCCNC(=O)Cc3ccccc3)nc3ccccc32)cc1. The van der Waals surface area contributed by atoms with Crippen LogP contribution in [-0.4, -0.2) is 28.6 Å². The Kier molecular flexibility index (Phi) is 9.15. The third-order valence-corrected chi connectivity index (χ3v) is 6.43. The van der Waals surface area contributed by atoms with Gasteiger partial charge in [-0.15, -0.1) is 0 Å². The van der Waals surface area contributed by atoms with E-state index in [0.717, 1.165) is 54.9 Å². The molecular weight excluding hydrogens is 446 g/mol. The average molecular weight is 484 g/mol. The van der Waals surface area contributed by atoms with E-state index in [1.165, 1.54) is 11.1 Å². The van der Waals surface area contributed by atoms with Gasteiger partial charge in [0, 0.05) is 19.5 Å². The molecule has 4 aromatic rings. The molecule has 1 amide bonds. The molecule has 0 spiro atoms. The fraction of sp³-hybridized carbons (Fsp3) is 0.355. The minimum atomic E-state index is 0.0635. The van der Waals surface area contributed by atoms with Crippen LogP contribution in [0, 0.1) is 0 Å². The van der Waals surface area contributed by atoms with Crippen molar-refractivity contribution in [2.45, 2.75) is 58.4 Å². The highest BCUT2D eigenvalue weighted by Crippen LogP contribution is 2.20. The molecule has 1 N–H and O–H groups in total. The van der Waals surface area contributed by atoms with Gasteiger partial charge in [-0.2, -0.15) is 0 Å². The Labute approximate surface area is 214 Å². The summed E-state index contributed by atoms with van der Waals surface area (Å²) in [6.07, 6.45) is 4.11. The van der Waals surface area contributed by atoms with E-state index in [9.17, 15) is 4.79 Å². The van der Waals surface area contributed by atoms with Gasteiger partial charge in [0.2, 0.25) is 5.91 Å². The van der Waals surface area contributed by atoms with E-state index in [0.29, 0.717) is 25.5 Å². The molecule has 5 nitrogen and oxygen atoms in total. The minimum Gasteiger partial charge on any atom is -0.494 e. The van der Waals surface area contributed by atoms with Crippen molar-refractivity contribution in [1.29, 1.82) is 0 Å². The Hall–Kier alpha value is -3.60. The highest BCUT2D eigenvalue weighted by Gasteiger charge is 2.11. The highest BCUT2D eigenvalue weighted by molar-refractivity contribution is 5.78. The molecule has 0 unspecified atom stereocenters.